The number of hydrogen-bond acceptors (Lipinski definition) is 12. The van der Waals surface area contributed by atoms with Gasteiger partial charge in [-0.15, -0.1) is 11.3 Å². The second kappa shape index (κ2) is 22.7. The minimum Gasteiger partial charge on any atom is -0.475 e. The number of aromatic amines is 1. The molecule has 13 nitrogen and oxygen atoms in total. The molecule has 7 heterocycles. The summed E-state index contributed by atoms with van der Waals surface area (Å²) in [5.41, 5.74) is 9.81. The second-order valence-corrected chi connectivity index (χ2v) is 17.2. The molecule has 338 valence electrons. The summed E-state index contributed by atoms with van der Waals surface area (Å²) in [6, 6.07) is 30.6. The molecule has 0 saturated heterocycles. The number of H-pyrrole nitrogens is 1. The minimum atomic E-state index is -1.05. The summed E-state index contributed by atoms with van der Waals surface area (Å²) in [7, 11) is 0. The van der Waals surface area contributed by atoms with E-state index < -0.39 is 5.97 Å². The Bertz CT molecular complexity index is 3150. The Balaban J connectivity index is 0.000000165. The molecule has 66 heavy (non-hydrogen) atoms. The van der Waals surface area contributed by atoms with Gasteiger partial charge in [0.15, 0.2) is 11.6 Å². The van der Waals surface area contributed by atoms with Gasteiger partial charge in [0.25, 0.3) is 0 Å². The van der Waals surface area contributed by atoms with Crippen molar-refractivity contribution in [2.75, 3.05) is 10.6 Å². The van der Waals surface area contributed by atoms with Crippen molar-refractivity contribution < 1.29 is 19.1 Å². The minimum absolute atomic E-state index is 0. The predicted molar refractivity (Wildman–Crippen MR) is 279 cm³/mol. The van der Waals surface area contributed by atoms with Gasteiger partial charge in [0.05, 0.1) is 29.0 Å². The van der Waals surface area contributed by atoms with Gasteiger partial charge in [-0.25, -0.2) is 19.7 Å². The summed E-state index contributed by atoms with van der Waals surface area (Å²) < 4.78 is 7.96. The molecule has 0 unspecified atom stereocenters. The number of thiophene rings is 1. The molecule has 11 rings (SSSR count). The van der Waals surface area contributed by atoms with Crippen molar-refractivity contribution in [2.45, 2.75) is 42.3 Å². The Labute approximate surface area is 411 Å². The molecular formula is C48H43Br2Cl2N9O4S. The van der Waals surface area contributed by atoms with Crippen LogP contribution in [0.5, 0.6) is 0 Å². The number of halogens is 4. The first-order chi connectivity index (χ1) is 30.4. The first-order valence-electron chi connectivity index (χ1n) is 18.8. The Morgan fingerprint density at radius 1 is 0.742 bits per heavy atom. The molecule has 0 radical (unpaired) electrons. The fraction of sp³-hybridized carbons (Fsp3) is 0.125. The highest BCUT2D eigenvalue weighted by Gasteiger charge is 2.13. The number of carbonyl (C=O) groups excluding carboxylic acids is 1. The highest BCUT2D eigenvalue weighted by atomic mass is 79.9. The average molecular weight is 1070 g/mol. The average Bonchev–Trinajstić information content (AvgIpc) is 4.11. The molecule has 0 amide bonds. The van der Waals surface area contributed by atoms with Crippen LogP contribution >= 0.6 is 66.4 Å². The van der Waals surface area contributed by atoms with Crippen LogP contribution in [0, 0.1) is 0 Å². The molecule has 4 aromatic carbocycles. The predicted octanol–water partition coefficient (Wildman–Crippen LogP) is 14.8. The van der Waals surface area contributed by atoms with Crippen LogP contribution in [0.1, 0.15) is 72.5 Å². The van der Waals surface area contributed by atoms with Gasteiger partial charge in [-0.05, 0) is 130 Å². The maximum atomic E-state index is 11.1. The number of Topliss-reactive ketones (excluding diaryl/α,β-unsaturated/α-hetero) is 1. The number of aromatic nitrogens is 5. The number of fused-ring (bicyclic) bond motifs is 5. The van der Waals surface area contributed by atoms with Crippen molar-refractivity contribution in [1.29, 1.82) is 0 Å². The highest BCUT2D eigenvalue weighted by molar-refractivity contribution is 9.10. The Morgan fingerprint density at radius 2 is 1.39 bits per heavy atom. The standard InChI is InChI=1S/C14H9ClN4S.C12H9ClN4.C10H8BrNO.C9H5BrO3.3CH4/c15-14-18-11-3-4-20-12(11)13(19-14)17-10-2-1-8-6-16-7-9(8)5-10;13-12-15-4-3-11(17-12)16-10-2-1-8-6-14-7-9(8)5-10;1-6(13)9-4-7-2-3-8(11)5-10(7)12-9;10-6-2-1-5-3-8(9(11)12)13-7(5)4-6;;;/h1-5,7H,6H2,(H,17,18,19);1-5,7H,6H2,(H,15,16,17);2-5,12H,1H3;1-4H,(H,11,12);3*1H4. The van der Waals surface area contributed by atoms with Crippen LogP contribution < -0.4 is 10.6 Å². The number of rotatable bonds is 6. The zero-order valence-corrected chi connectivity index (χ0v) is 38.2. The molecule has 0 atom stereocenters. The summed E-state index contributed by atoms with van der Waals surface area (Å²) in [5.74, 6) is 0.400. The topological polar surface area (TPSA) is 184 Å². The summed E-state index contributed by atoms with van der Waals surface area (Å²) in [6.45, 7) is 3.10. The SMILES string of the molecule is C.C.C.CC(=O)c1cc2ccc(Br)cc2[nH]1.Clc1nc(Nc2ccc3c(c2)C=NC3)c2sccc2n1.Clc1nccc(Nc2ccc3c(c2)C=NC3)n1.O=C(O)c1cc2ccc(Br)cc2o1. The van der Waals surface area contributed by atoms with Crippen LogP contribution in [0.4, 0.5) is 23.0 Å². The zero-order chi connectivity index (χ0) is 44.0. The van der Waals surface area contributed by atoms with Crippen LogP contribution in [0.15, 0.2) is 132 Å². The number of anilines is 4. The Kier molecular flexibility index (Phi) is 17.5. The maximum Gasteiger partial charge on any atom is 0.371 e. The first-order valence-corrected chi connectivity index (χ1v) is 22.1. The van der Waals surface area contributed by atoms with E-state index in [2.05, 4.69) is 95.6 Å². The number of carbonyl (C=O) groups is 2. The van der Waals surface area contributed by atoms with Crippen molar-refractivity contribution in [3.05, 3.63) is 162 Å². The van der Waals surface area contributed by atoms with Gasteiger partial charge >= 0.3 is 5.97 Å². The molecule has 9 aromatic rings. The number of ketones is 1. The van der Waals surface area contributed by atoms with Crippen LogP contribution in [0.3, 0.4) is 0 Å². The first kappa shape index (κ1) is 50.7. The Hall–Kier alpha value is -6.30. The summed E-state index contributed by atoms with van der Waals surface area (Å²) >= 11 is 19.9. The summed E-state index contributed by atoms with van der Waals surface area (Å²) in [4.78, 5) is 49.5. The van der Waals surface area contributed by atoms with E-state index in [1.807, 2.05) is 72.4 Å². The molecule has 0 aliphatic carbocycles. The lowest BCUT2D eigenvalue weighted by atomic mass is 10.1. The fourth-order valence-electron chi connectivity index (χ4n) is 6.37. The molecule has 18 heteroatoms. The molecule has 2 aliphatic heterocycles. The van der Waals surface area contributed by atoms with Crippen molar-refractivity contribution in [3.63, 3.8) is 0 Å². The van der Waals surface area contributed by atoms with Crippen LogP contribution in [-0.4, -0.2) is 54.2 Å². The van der Waals surface area contributed by atoms with Gasteiger partial charge in [-0.2, -0.15) is 4.98 Å². The van der Waals surface area contributed by atoms with E-state index in [0.29, 0.717) is 17.1 Å². The zero-order valence-electron chi connectivity index (χ0n) is 32.7. The lowest BCUT2D eigenvalue weighted by molar-refractivity contribution is 0.0664. The molecule has 2 aliphatic rings. The normalized spacial score (nSPS) is 11.3. The van der Waals surface area contributed by atoms with Gasteiger partial charge in [-0.3, -0.25) is 14.8 Å². The number of benzene rings is 4. The molecule has 5 aromatic heterocycles. The lowest BCUT2D eigenvalue weighted by Crippen LogP contribution is -1.97. The van der Waals surface area contributed by atoms with E-state index in [-0.39, 0.29) is 44.4 Å². The number of aromatic carboxylic acids is 1. The Morgan fingerprint density at radius 3 is 2.05 bits per heavy atom. The number of carboxylic acid groups (broad SMARTS) is 1. The van der Waals surface area contributed by atoms with E-state index in [1.54, 1.807) is 42.7 Å². The number of hydrogen-bond donors (Lipinski definition) is 4. The van der Waals surface area contributed by atoms with Gasteiger partial charge in [0.2, 0.25) is 16.3 Å². The van der Waals surface area contributed by atoms with Crippen LogP contribution in [0.25, 0.3) is 32.1 Å². The van der Waals surface area contributed by atoms with E-state index in [4.69, 9.17) is 32.7 Å². The summed E-state index contributed by atoms with van der Waals surface area (Å²) in [5, 5.41) is 19.5. The monoisotopic (exact) mass is 1070 g/mol. The highest BCUT2D eigenvalue weighted by Crippen LogP contribution is 2.31. The number of nitrogens with one attached hydrogen (secondary N) is 3. The van der Waals surface area contributed by atoms with Crippen molar-refractivity contribution in [2.24, 2.45) is 9.98 Å². The second-order valence-electron chi connectivity index (χ2n) is 13.8. The smallest absolute Gasteiger partial charge is 0.371 e. The van der Waals surface area contributed by atoms with E-state index in [9.17, 15) is 9.59 Å². The third-order valence-electron chi connectivity index (χ3n) is 9.37. The van der Waals surface area contributed by atoms with E-state index in [0.717, 1.165) is 76.9 Å². The number of furan rings is 1. The molecule has 0 saturated carbocycles. The maximum absolute atomic E-state index is 11.1. The summed E-state index contributed by atoms with van der Waals surface area (Å²) in [6.07, 6.45) is 5.40. The third kappa shape index (κ3) is 12.5. The fourth-order valence-corrected chi connectivity index (χ4v) is 8.17. The number of carboxylic acids is 1. The molecule has 0 bridgehead atoms. The van der Waals surface area contributed by atoms with E-state index in [1.165, 1.54) is 17.2 Å². The number of aliphatic imine (C=N–C) groups is 2. The number of nitrogens with zero attached hydrogens (tertiary/aromatic N) is 6. The van der Waals surface area contributed by atoms with Crippen LogP contribution in [-0.2, 0) is 13.1 Å². The third-order valence-corrected chi connectivity index (χ3v) is 11.6. The quantitative estimate of drug-likeness (QED) is 0.0923. The van der Waals surface area contributed by atoms with Gasteiger partial charge in [0.1, 0.15) is 11.4 Å². The molecule has 4 N–H and O–H groups in total. The van der Waals surface area contributed by atoms with Gasteiger partial charge in [0, 0.05) is 62.2 Å². The van der Waals surface area contributed by atoms with Crippen molar-refractivity contribution in [1.82, 2.24) is 24.9 Å². The lowest BCUT2D eigenvalue weighted by Gasteiger charge is -2.08. The molecule has 0 spiro atoms. The van der Waals surface area contributed by atoms with Crippen LogP contribution in [0.2, 0.25) is 10.6 Å². The van der Waals surface area contributed by atoms with Gasteiger partial charge in [-0.1, -0.05) is 72.3 Å². The molecular weight excluding hydrogens is 1030 g/mol. The van der Waals surface area contributed by atoms with Crippen molar-refractivity contribution >= 4 is 146 Å². The van der Waals surface area contributed by atoms with Gasteiger partial charge < -0.3 is 25.1 Å². The van der Waals surface area contributed by atoms with Crippen molar-refractivity contribution in [3.8, 4) is 0 Å². The van der Waals surface area contributed by atoms with E-state index >= 15 is 0 Å². The largest absolute Gasteiger partial charge is 0.475 e. The molecule has 0 fully saturated rings.